The molecule has 1 N–H and O–H groups in total. The lowest BCUT2D eigenvalue weighted by atomic mass is 10.0. The smallest absolute Gasteiger partial charge is 0.0591 e. The standard InChI is InChI=1S/C11H21NO2/c1-2-11(1)12-5-8-14-9-10-3-6-13-7-4-10/h10-12H,1-9H2. The molecule has 1 aliphatic heterocycles. The van der Waals surface area contributed by atoms with E-state index < -0.39 is 0 Å². The van der Waals surface area contributed by atoms with Crippen molar-refractivity contribution in [3.63, 3.8) is 0 Å². The van der Waals surface area contributed by atoms with E-state index in [1.54, 1.807) is 0 Å². The van der Waals surface area contributed by atoms with E-state index in [1.807, 2.05) is 0 Å². The van der Waals surface area contributed by atoms with E-state index in [0.717, 1.165) is 44.9 Å². The van der Waals surface area contributed by atoms with Crippen molar-refractivity contribution in [2.24, 2.45) is 5.92 Å². The average Bonchev–Trinajstić information content (AvgIpc) is 3.03. The molecule has 0 aromatic carbocycles. The zero-order chi connectivity index (χ0) is 9.64. The largest absolute Gasteiger partial charge is 0.381 e. The summed E-state index contributed by atoms with van der Waals surface area (Å²) in [7, 11) is 0. The molecule has 0 bridgehead atoms. The Balaban J connectivity index is 1.41. The van der Waals surface area contributed by atoms with Crippen LogP contribution in [0.15, 0.2) is 0 Å². The minimum atomic E-state index is 0.740. The molecule has 2 rings (SSSR count). The van der Waals surface area contributed by atoms with Crippen LogP contribution in [0.2, 0.25) is 0 Å². The van der Waals surface area contributed by atoms with Crippen molar-refractivity contribution in [2.45, 2.75) is 31.7 Å². The van der Waals surface area contributed by atoms with Crippen LogP contribution in [-0.2, 0) is 9.47 Å². The zero-order valence-corrected chi connectivity index (χ0v) is 8.84. The minimum absolute atomic E-state index is 0.740. The molecular weight excluding hydrogens is 178 g/mol. The monoisotopic (exact) mass is 199 g/mol. The van der Waals surface area contributed by atoms with Crippen LogP contribution in [0, 0.1) is 5.92 Å². The second-order valence-electron chi connectivity index (χ2n) is 4.36. The van der Waals surface area contributed by atoms with Gasteiger partial charge in [-0.2, -0.15) is 0 Å². The molecule has 3 nitrogen and oxygen atoms in total. The number of nitrogens with one attached hydrogen (secondary N) is 1. The Morgan fingerprint density at radius 1 is 1.14 bits per heavy atom. The van der Waals surface area contributed by atoms with Crippen molar-refractivity contribution in [3.05, 3.63) is 0 Å². The first-order valence-electron chi connectivity index (χ1n) is 5.84. The highest BCUT2D eigenvalue weighted by Gasteiger charge is 2.19. The van der Waals surface area contributed by atoms with Gasteiger partial charge in [-0.25, -0.2) is 0 Å². The average molecular weight is 199 g/mol. The zero-order valence-electron chi connectivity index (χ0n) is 8.84. The van der Waals surface area contributed by atoms with Gasteiger partial charge in [-0.15, -0.1) is 0 Å². The summed E-state index contributed by atoms with van der Waals surface area (Å²) < 4.78 is 10.9. The maximum Gasteiger partial charge on any atom is 0.0591 e. The summed E-state index contributed by atoms with van der Waals surface area (Å²) in [4.78, 5) is 0. The van der Waals surface area contributed by atoms with Crippen molar-refractivity contribution in [1.29, 1.82) is 0 Å². The number of hydrogen-bond acceptors (Lipinski definition) is 3. The number of hydrogen-bond donors (Lipinski definition) is 1. The molecule has 14 heavy (non-hydrogen) atoms. The molecular formula is C11H21NO2. The fourth-order valence-electron chi connectivity index (χ4n) is 1.79. The van der Waals surface area contributed by atoms with Gasteiger partial charge in [0.1, 0.15) is 0 Å². The topological polar surface area (TPSA) is 30.5 Å². The lowest BCUT2D eigenvalue weighted by Crippen LogP contribution is -2.25. The van der Waals surface area contributed by atoms with Gasteiger partial charge in [0.2, 0.25) is 0 Å². The van der Waals surface area contributed by atoms with Gasteiger partial charge in [0.25, 0.3) is 0 Å². The molecule has 1 saturated carbocycles. The Morgan fingerprint density at radius 3 is 2.64 bits per heavy atom. The Hall–Kier alpha value is -0.120. The van der Waals surface area contributed by atoms with Crippen LogP contribution >= 0.6 is 0 Å². The molecule has 82 valence electrons. The molecule has 1 aliphatic carbocycles. The van der Waals surface area contributed by atoms with E-state index in [4.69, 9.17) is 9.47 Å². The third-order valence-corrected chi connectivity index (χ3v) is 2.95. The van der Waals surface area contributed by atoms with Gasteiger partial charge in [0, 0.05) is 32.4 Å². The van der Waals surface area contributed by atoms with Crippen molar-refractivity contribution in [2.75, 3.05) is 33.0 Å². The molecule has 0 unspecified atom stereocenters. The molecule has 0 spiro atoms. The van der Waals surface area contributed by atoms with Crippen LogP contribution in [0.1, 0.15) is 25.7 Å². The van der Waals surface area contributed by atoms with Crippen molar-refractivity contribution in [1.82, 2.24) is 5.32 Å². The molecule has 0 aromatic rings. The first-order chi connectivity index (χ1) is 6.95. The Morgan fingerprint density at radius 2 is 1.93 bits per heavy atom. The van der Waals surface area contributed by atoms with Crippen molar-refractivity contribution < 1.29 is 9.47 Å². The molecule has 3 heteroatoms. The van der Waals surface area contributed by atoms with Crippen LogP contribution in [0.5, 0.6) is 0 Å². The predicted molar refractivity (Wildman–Crippen MR) is 55.4 cm³/mol. The minimum Gasteiger partial charge on any atom is -0.381 e. The first kappa shape index (κ1) is 10.4. The summed E-state index contributed by atoms with van der Waals surface area (Å²) in [6, 6.07) is 0.807. The summed E-state index contributed by atoms with van der Waals surface area (Å²) in [5.74, 6) is 0.740. The molecule has 1 heterocycles. The summed E-state index contributed by atoms with van der Waals surface area (Å²) in [5, 5.41) is 3.44. The SMILES string of the molecule is C(COCC1CCOCC1)NC1CC1. The second-order valence-corrected chi connectivity index (χ2v) is 4.36. The van der Waals surface area contributed by atoms with E-state index in [-0.39, 0.29) is 0 Å². The van der Waals surface area contributed by atoms with Gasteiger partial charge in [0.15, 0.2) is 0 Å². The van der Waals surface area contributed by atoms with Crippen LogP contribution in [-0.4, -0.2) is 39.0 Å². The van der Waals surface area contributed by atoms with Crippen LogP contribution in [0.25, 0.3) is 0 Å². The molecule has 1 saturated heterocycles. The third kappa shape index (κ3) is 3.95. The van der Waals surface area contributed by atoms with Gasteiger partial charge in [-0.3, -0.25) is 0 Å². The molecule has 0 atom stereocenters. The first-order valence-corrected chi connectivity index (χ1v) is 5.84. The lowest BCUT2D eigenvalue weighted by molar-refractivity contribution is 0.0214. The fraction of sp³-hybridized carbons (Fsp3) is 1.00. The highest BCUT2D eigenvalue weighted by atomic mass is 16.5. The third-order valence-electron chi connectivity index (χ3n) is 2.95. The van der Waals surface area contributed by atoms with E-state index in [2.05, 4.69) is 5.32 Å². The predicted octanol–water partition coefficient (Wildman–Crippen LogP) is 1.18. The second kappa shape index (κ2) is 5.69. The lowest BCUT2D eigenvalue weighted by Gasteiger charge is -2.21. The van der Waals surface area contributed by atoms with Crippen molar-refractivity contribution in [3.8, 4) is 0 Å². The normalized spacial score (nSPS) is 24.0. The summed E-state index contributed by atoms with van der Waals surface area (Å²) in [6.07, 6.45) is 5.08. The number of rotatable bonds is 6. The highest BCUT2D eigenvalue weighted by molar-refractivity contribution is 4.80. The van der Waals surface area contributed by atoms with Gasteiger partial charge in [-0.05, 0) is 31.6 Å². The fourth-order valence-corrected chi connectivity index (χ4v) is 1.79. The summed E-state index contributed by atoms with van der Waals surface area (Å²) in [5.41, 5.74) is 0. The van der Waals surface area contributed by atoms with Crippen LogP contribution in [0.4, 0.5) is 0 Å². The van der Waals surface area contributed by atoms with Gasteiger partial charge >= 0.3 is 0 Å². The molecule has 0 radical (unpaired) electrons. The quantitative estimate of drug-likeness (QED) is 0.652. The highest BCUT2D eigenvalue weighted by Crippen LogP contribution is 2.18. The molecule has 2 aliphatic rings. The number of ether oxygens (including phenoxy) is 2. The molecule has 0 amide bonds. The van der Waals surface area contributed by atoms with Gasteiger partial charge in [0.05, 0.1) is 6.61 Å². The van der Waals surface area contributed by atoms with E-state index >= 15 is 0 Å². The maximum absolute atomic E-state index is 5.63. The van der Waals surface area contributed by atoms with E-state index in [9.17, 15) is 0 Å². The molecule has 0 aromatic heterocycles. The summed E-state index contributed by atoms with van der Waals surface area (Å²) >= 11 is 0. The van der Waals surface area contributed by atoms with E-state index in [0.29, 0.717) is 0 Å². The summed E-state index contributed by atoms with van der Waals surface area (Å²) in [6.45, 7) is 4.67. The Labute approximate surface area is 86.2 Å². The Kier molecular flexibility index (Phi) is 4.22. The van der Waals surface area contributed by atoms with Crippen molar-refractivity contribution >= 4 is 0 Å². The van der Waals surface area contributed by atoms with Gasteiger partial charge in [-0.1, -0.05) is 0 Å². The van der Waals surface area contributed by atoms with Crippen LogP contribution in [0.3, 0.4) is 0 Å². The maximum atomic E-state index is 5.63. The van der Waals surface area contributed by atoms with E-state index in [1.165, 1.54) is 25.7 Å². The van der Waals surface area contributed by atoms with Gasteiger partial charge < -0.3 is 14.8 Å². The van der Waals surface area contributed by atoms with Crippen LogP contribution < -0.4 is 5.32 Å². The Bertz CT molecular complexity index is 153. The molecule has 2 fully saturated rings.